The lowest BCUT2D eigenvalue weighted by atomic mass is 9.92. The third-order valence-corrected chi connectivity index (χ3v) is 6.26. The molecule has 2 aromatic carbocycles. The zero-order valence-electron chi connectivity index (χ0n) is 20.0. The van der Waals surface area contributed by atoms with Crippen LogP contribution in [0.15, 0.2) is 65.6 Å². The lowest BCUT2D eigenvalue weighted by molar-refractivity contribution is -0.132. The van der Waals surface area contributed by atoms with Gasteiger partial charge in [-0.15, -0.1) is 11.8 Å². The van der Waals surface area contributed by atoms with E-state index in [0.29, 0.717) is 18.1 Å². The molecule has 3 aromatic rings. The van der Waals surface area contributed by atoms with Crippen molar-refractivity contribution in [2.24, 2.45) is 0 Å². The Balaban J connectivity index is 1.73. The summed E-state index contributed by atoms with van der Waals surface area (Å²) in [5.41, 5.74) is 2.67. The van der Waals surface area contributed by atoms with E-state index in [1.807, 2.05) is 74.5 Å². The van der Waals surface area contributed by atoms with Gasteiger partial charge in [-0.05, 0) is 37.6 Å². The number of nitrogens with one attached hydrogen (secondary N) is 1. The third-order valence-electron chi connectivity index (χ3n) is 5.26. The summed E-state index contributed by atoms with van der Waals surface area (Å²) < 4.78 is 1.77. The standard InChI is InChI=1S/C26H32N4O2S/c1-6-29(25(32)18-33-20-13-8-7-9-14-20)17-24(31)27-23-16-22(26(3,4)5)28-30(23)21-15-11-10-12-19(21)2/h7-16H,6,17-18H2,1-5H3,(H,27,31). The van der Waals surface area contributed by atoms with Crippen molar-refractivity contribution in [1.29, 1.82) is 0 Å². The van der Waals surface area contributed by atoms with Gasteiger partial charge in [-0.2, -0.15) is 5.10 Å². The molecule has 0 atom stereocenters. The number of amides is 2. The van der Waals surface area contributed by atoms with Gasteiger partial charge in [-0.1, -0.05) is 57.2 Å². The molecule has 1 aromatic heterocycles. The smallest absolute Gasteiger partial charge is 0.245 e. The van der Waals surface area contributed by atoms with Crippen molar-refractivity contribution in [3.05, 3.63) is 71.9 Å². The second-order valence-electron chi connectivity index (χ2n) is 8.92. The zero-order valence-corrected chi connectivity index (χ0v) is 20.8. The average molecular weight is 465 g/mol. The molecule has 33 heavy (non-hydrogen) atoms. The second-order valence-corrected chi connectivity index (χ2v) is 9.97. The molecule has 0 saturated heterocycles. The summed E-state index contributed by atoms with van der Waals surface area (Å²) in [7, 11) is 0. The molecule has 6 nitrogen and oxygen atoms in total. The molecule has 1 N–H and O–H groups in total. The molecule has 3 rings (SSSR count). The van der Waals surface area contributed by atoms with Crippen LogP contribution in [-0.2, 0) is 15.0 Å². The van der Waals surface area contributed by atoms with Gasteiger partial charge in [0.15, 0.2) is 0 Å². The highest BCUT2D eigenvalue weighted by Crippen LogP contribution is 2.27. The lowest BCUT2D eigenvalue weighted by Gasteiger charge is -2.20. The first-order chi connectivity index (χ1) is 15.7. The van der Waals surface area contributed by atoms with E-state index in [-0.39, 0.29) is 23.8 Å². The summed E-state index contributed by atoms with van der Waals surface area (Å²) in [4.78, 5) is 28.3. The fraction of sp³-hybridized carbons (Fsp3) is 0.346. The number of aromatic nitrogens is 2. The van der Waals surface area contributed by atoms with E-state index in [1.165, 1.54) is 11.8 Å². The molecule has 0 radical (unpaired) electrons. The molecular weight excluding hydrogens is 432 g/mol. The summed E-state index contributed by atoms with van der Waals surface area (Å²) in [6.07, 6.45) is 0. The topological polar surface area (TPSA) is 67.2 Å². The van der Waals surface area contributed by atoms with Crippen molar-refractivity contribution in [3.8, 4) is 5.69 Å². The largest absolute Gasteiger partial charge is 0.333 e. The Labute approximate surface area is 200 Å². The van der Waals surface area contributed by atoms with Crippen molar-refractivity contribution in [2.45, 2.75) is 44.9 Å². The van der Waals surface area contributed by atoms with Crippen molar-refractivity contribution in [3.63, 3.8) is 0 Å². The highest BCUT2D eigenvalue weighted by Gasteiger charge is 2.23. The van der Waals surface area contributed by atoms with E-state index >= 15 is 0 Å². The van der Waals surface area contributed by atoms with Gasteiger partial charge in [0.05, 0.1) is 23.7 Å². The Morgan fingerprint density at radius 2 is 1.73 bits per heavy atom. The first-order valence-corrected chi connectivity index (χ1v) is 12.1. The summed E-state index contributed by atoms with van der Waals surface area (Å²) in [6.45, 7) is 10.6. The normalized spacial score (nSPS) is 11.3. The Kier molecular flexibility index (Phi) is 7.97. The lowest BCUT2D eigenvalue weighted by Crippen LogP contribution is -2.39. The van der Waals surface area contributed by atoms with E-state index in [1.54, 1.807) is 9.58 Å². The molecule has 0 fully saturated rings. The molecule has 0 aliphatic heterocycles. The minimum absolute atomic E-state index is 0.00547. The summed E-state index contributed by atoms with van der Waals surface area (Å²) in [6, 6.07) is 19.6. The molecular formula is C26H32N4O2S. The van der Waals surface area contributed by atoms with E-state index in [4.69, 9.17) is 5.10 Å². The number of aryl methyl sites for hydroxylation is 1. The second kappa shape index (κ2) is 10.7. The molecule has 0 bridgehead atoms. The number of para-hydroxylation sites is 1. The first kappa shape index (κ1) is 24.6. The number of rotatable bonds is 8. The van der Waals surface area contributed by atoms with E-state index in [0.717, 1.165) is 21.8 Å². The van der Waals surface area contributed by atoms with Crippen molar-refractivity contribution >= 4 is 29.4 Å². The molecule has 2 amide bonds. The zero-order chi connectivity index (χ0) is 24.0. The van der Waals surface area contributed by atoms with Gasteiger partial charge < -0.3 is 10.2 Å². The van der Waals surface area contributed by atoms with Crippen LogP contribution in [0.5, 0.6) is 0 Å². The van der Waals surface area contributed by atoms with Gasteiger partial charge in [-0.3, -0.25) is 9.59 Å². The number of hydrogen-bond donors (Lipinski definition) is 1. The van der Waals surface area contributed by atoms with Crippen LogP contribution in [0.4, 0.5) is 5.82 Å². The molecule has 0 unspecified atom stereocenters. The fourth-order valence-electron chi connectivity index (χ4n) is 3.31. The van der Waals surface area contributed by atoms with Crippen LogP contribution in [0.1, 0.15) is 39.0 Å². The summed E-state index contributed by atoms with van der Waals surface area (Å²) >= 11 is 1.47. The van der Waals surface area contributed by atoms with Gasteiger partial charge in [0.25, 0.3) is 0 Å². The molecule has 0 aliphatic rings. The predicted molar refractivity (Wildman–Crippen MR) is 135 cm³/mol. The van der Waals surface area contributed by atoms with E-state index in [2.05, 4.69) is 26.1 Å². The minimum Gasteiger partial charge on any atom is -0.333 e. The van der Waals surface area contributed by atoms with Crippen LogP contribution >= 0.6 is 11.8 Å². The first-order valence-electron chi connectivity index (χ1n) is 11.1. The highest BCUT2D eigenvalue weighted by molar-refractivity contribution is 8.00. The Bertz CT molecular complexity index is 1100. The van der Waals surface area contributed by atoms with Crippen LogP contribution in [0.2, 0.25) is 0 Å². The number of nitrogens with zero attached hydrogens (tertiary/aromatic N) is 3. The maximum absolute atomic E-state index is 12.9. The van der Waals surface area contributed by atoms with Crippen LogP contribution in [0.25, 0.3) is 5.69 Å². The molecule has 0 saturated carbocycles. The van der Waals surface area contributed by atoms with Gasteiger partial charge in [-0.25, -0.2) is 4.68 Å². The molecule has 0 spiro atoms. The monoisotopic (exact) mass is 464 g/mol. The minimum atomic E-state index is -0.245. The number of likely N-dealkylation sites (N-methyl/N-ethyl adjacent to an activating group) is 1. The number of carbonyl (C=O) groups is 2. The van der Waals surface area contributed by atoms with Gasteiger partial charge >= 0.3 is 0 Å². The number of anilines is 1. The maximum atomic E-state index is 12.9. The number of thioether (sulfide) groups is 1. The van der Waals surface area contributed by atoms with Gasteiger partial charge in [0.1, 0.15) is 5.82 Å². The Hall–Kier alpha value is -3.06. The van der Waals surface area contributed by atoms with Crippen molar-refractivity contribution in [2.75, 3.05) is 24.2 Å². The molecule has 174 valence electrons. The van der Waals surface area contributed by atoms with Crippen LogP contribution in [-0.4, -0.2) is 45.3 Å². The maximum Gasteiger partial charge on any atom is 0.245 e. The fourth-order valence-corrected chi connectivity index (χ4v) is 4.13. The predicted octanol–water partition coefficient (Wildman–Crippen LogP) is 5.06. The quantitative estimate of drug-likeness (QED) is 0.473. The molecule has 1 heterocycles. The number of hydrogen-bond acceptors (Lipinski definition) is 4. The van der Waals surface area contributed by atoms with E-state index in [9.17, 15) is 9.59 Å². The van der Waals surface area contributed by atoms with E-state index < -0.39 is 0 Å². The Morgan fingerprint density at radius 1 is 1.06 bits per heavy atom. The SMILES string of the molecule is CCN(CC(=O)Nc1cc(C(C)(C)C)nn1-c1ccccc1C)C(=O)CSc1ccccc1. The van der Waals surface area contributed by atoms with Crippen LogP contribution < -0.4 is 5.32 Å². The number of carbonyl (C=O) groups excluding carboxylic acids is 2. The third kappa shape index (κ3) is 6.48. The molecule has 0 aliphatic carbocycles. The van der Waals surface area contributed by atoms with Crippen LogP contribution in [0.3, 0.4) is 0 Å². The Morgan fingerprint density at radius 3 is 2.36 bits per heavy atom. The van der Waals surface area contributed by atoms with Crippen LogP contribution in [0, 0.1) is 6.92 Å². The number of benzene rings is 2. The van der Waals surface area contributed by atoms with Gasteiger partial charge in [0, 0.05) is 22.9 Å². The van der Waals surface area contributed by atoms with Gasteiger partial charge in [0.2, 0.25) is 11.8 Å². The van der Waals surface area contributed by atoms with Crippen molar-refractivity contribution < 1.29 is 9.59 Å². The summed E-state index contributed by atoms with van der Waals surface area (Å²) in [5.74, 6) is 0.580. The summed E-state index contributed by atoms with van der Waals surface area (Å²) in [5, 5.41) is 7.76. The highest BCUT2D eigenvalue weighted by atomic mass is 32.2. The van der Waals surface area contributed by atoms with Crippen molar-refractivity contribution in [1.82, 2.24) is 14.7 Å². The average Bonchev–Trinajstić information content (AvgIpc) is 3.20. The molecule has 7 heteroatoms.